The molecule has 3 aliphatic rings. The molecule has 0 unspecified atom stereocenters. The van der Waals surface area contributed by atoms with Crippen LogP contribution in [0.4, 0.5) is 21.0 Å². The molecule has 0 saturated carbocycles. The van der Waals surface area contributed by atoms with E-state index < -0.39 is 12.2 Å². The third-order valence-electron chi connectivity index (χ3n) is 11.5. The van der Waals surface area contributed by atoms with Gasteiger partial charge in [-0.05, 0) is 92.8 Å². The summed E-state index contributed by atoms with van der Waals surface area (Å²) in [4.78, 5) is 36.3. The number of likely N-dealkylation sites (tertiary alicyclic amines) is 1. The number of ether oxygens (including phenoxy) is 1. The third kappa shape index (κ3) is 8.18. The molecule has 300 valence electrons. The highest BCUT2D eigenvalue weighted by molar-refractivity contribution is 5.90. The van der Waals surface area contributed by atoms with E-state index in [1.165, 1.54) is 6.42 Å². The quantitative estimate of drug-likeness (QED) is 0.112. The van der Waals surface area contributed by atoms with Gasteiger partial charge in [0.25, 0.3) is 0 Å². The summed E-state index contributed by atoms with van der Waals surface area (Å²) < 4.78 is 24.2. The number of fused-ring (bicyclic) bond motifs is 2. The van der Waals surface area contributed by atoms with Gasteiger partial charge in [-0.2, -0.15) is 5.10 Å². The molecule has 14 heteroatoms. The number of hydroxylamine groups is 1. The number of aromatic nitrogens is 5. The number of nitrogens with one attached hydrogen (secondary N) is 1. The Morgan fingerprint density at radius 3 is 2.53 bits per heavy atom. The second-order valence-corrected chi connectivity index (χ2v) is 16.6. The minimum atomic E-state index is -0.745. The molecule has 13 nitrogen and oxygen atoms in total. The molecule has 2 fully saturated rings. The second-order valence-electron chi connectivity index (χ2n) is 16.6. The van der Waals surface area contributed by atoms with Gasteiger partial charge in [-0.15, -0.1) is 15.3 Å². The van der Waals surface area contributed by atoms with Gasteiger partial charge in [-0.3, -0.25) is 14.1 Å². The molecule has 0 radical (unpaired) electrons. The second kappa shape index (κ2) is 16.2. The fraction of sp³-hybridized carbons (Fsp3) is 0.465. The summed E-state index contributed by atoms with van der Waals surface area (Å²) in [6.07, 6.45) is 6.72. The third-order valence-corrected chi connectivity index (χ3v) is 11.5. The van der Waals surface area contributed by atoms with Gasteiger partial charge in [0.2, 0.25) is 5.95 Å². The predicted molar refractivity (Wildman–Crippen MR) is 215 cm³/mol. The number of hydrogen-bond acceptors (Lipinski definition) is 9. The maximum Gasteiger partial charge on any atom is 0.357 e. The first kappa shape index (κ1) is 38.4. The fourth-order valence-corrected chi connectivity index (χ4v) is 8.34. The highest BCUT2D eigenvalue weighted by Crippen LogP contribution is 2.40. The lowest BCUT2D eigenvalue weighted by Crippen LogP contribution is -2.43. The van der Waals surface area contributed by atoms with Crippen molar-refractivity contribution in [2.24, 2.45) is 0 Å². The Morgan fingerprint density at radius 1 is 0.947 bits per heavy atom. The summed E-state index contributed by atoms with van der Waals surface area (Å²) in [6, 6.07) is 20.9. The van der Waals surface area contributed by atoms with E-state index in [-0.39, 0.29) is 29.9 Å². The standard InChI is InChI=1S/C43H52FN9O4/c1-29-10-7-8-21-50(29)41-47-46-39-18-15-33(27-51(39)41)57-37-17-16-36(34-13-5-6-14-35(34)37)45-42(55)53(56-28-54)40-25-38(43(2,3)4)48-52(40)32-12-9-11-30(24-32)26-49-22-19-31(44)20-23-49/h5-6,9,11-15,18,24-25,27-29,31,36-37H,7-8,10,16-17,19-23,26H2,1-4H3,(H,45,55)/t29-,36-,37+/m0/s1. The van der Waals surface area contributed by atoms with Crippen LogP contribution in [0.2, 0.25) is 0 Å². The summed E-state index contributed by atoms with van der Waals surface area (Å²) in [5.74, 6) is 1.82. The first-order valence-corrected chi connectivity index (χ1v) is 20.2. The van der Waals surface area contributed by atoms with Gasteiger partial charge in [0.15, 0.2) is 11.5 Å². The Morgan fingerprint density at radius 2 is 1.75 bits per heavy atom. The summed E-state index contributed by atoms with van der Waals surface area (Å²) >= 11 is 0. The molecule has 2 amide bonds. The zero-order valence-corrected chi connectivity index (χ0v) is 33.2. The monoisotopic (exact) mass is 777 g/mol. The van der Waals surface area contributed by atoms with E-state index in [2.05, 4.69) is 32.2 Å². The summed E-state index contributed by atoms with van der Waals surface area (Å²) in [7, 11) is 0. The van der Waals surface area contributed by atoms with Crippen LogP contribution in [0.5, 0.6) is 5.75 Å². The van der Waals surface area contributed by atoms with E-state index in [0.717, 1.165) is 52.7 Å². The molecular formula is C43H52FN9O4. The summed E-state index contributed by atoms with van der Waals surface area (Å²) in [6.45, 7) is 11.6. The highest BCUT2D eigenvalue weighted by Gasteiger charge is 2.34. The number of anilines is 2. The molecule has 57 heavy (non-hydrogen) atoms. The van der Waals surface area contributed by atoms with E-state index >= 15 is 0 Å². The number of pyridine rings is 1. The largest absolute Gasteiger partial charge is 0.484 e. The maximum atomic E-state index is 14.3. The summed E-state index contributed by atoms with van der Waals surface area (Å²) in [5, 5.41) is 18.0. The first-order chi connectivity index (χ1) is 27.6. The van der Waals surface area contributed by atoms with Gasteiger partial charge in [0.05, 0.1) is 23.6 Å². The Bertz CT molecular complexity index is 2210. The van der Waals surface area contributed by atoms with Crippen LogP contribution in [-0.4, -0.2) is 73.6 Å². The van der Waals surface area contributed by atoms with Crippen LogP contribution in [0.3, 0.4) is 0 Å². The van der Waals surface area contributed by atoms with Crippen molar-refractivity contribution >= 4 is 29.9 Å². The number of hydrogen-bond donors (Lipinski definition) is 1. The molecule has 1 N–H and O–H groups in total. The minimum absolute atomic E-state index is 0.251. The van der Waals surface area contributed by atoms with E-state index in [4.69, 9.17) is 14.7 Å². The number of halogens is 1. The molecule has 1 aliphatic carbocycles. The van der Waals surface area contributed by atoms with Gasteiger partial charge in [-0.25, -0.2) is 13.9 Å². The van der Waals surface area contributed by atoms with Gasteiger partial charge >= 0.3 is 12.5 Å². The van der Waals surface area contributed by atoms with Gasteiger partial charge in [0.1, 0.15) is 18.0 Å². The van der Waals surface area contributed by atoms with Gasteiger partial charge in [-0.1, -0.05) is 57.2 Å². The normalized spacial score (nSPS) is 20.6. The van der Waals surface area contributed by atoms with Crippen LogP contribution in [0.25, 0.3) is 11.3 Å². The number of rotatable bonds is 10. The molecule has 3 atom stereocenters. The molecule has 8 rings (SSSR count). The van der Waals surface area contributed by atoms with E-state index in [1.54, 1.807) is 10.7 Å². The van der Waals surface area contributed by atoms with Crippen molar-refractivity contribution in [1.82, 2.24) is 34.6 Å². The number of carbonyl (C=O) groups is 2. The SMILES string of the molecule is C[C@H]1CCCCN1c1nnc2ccc(O[C@@H]3CC[C@H](NC(=O)N(OC=O)c4cc(C(C)(C)C)nn4-c4cccc(CN5CCC(F)CC5)c4)c4ccccc43)cn12. The Kier molecular flexibility index (Phi) is 10.9. The van der Waals surface area contributed by atoms with Gasteiger partial charge in [0, 0.05) is 43.7 Å². The van der Waals surface area contributed by atoms with Crippen molar-refractivity contribution in [3.63, 3.8) is 0 Å². The minimum Gasteiger partial charge on any atom is -0.484 e. The predicted octanol–water partition coefficient (Wildman–Crippen LogP) is 7.78. The fourth-order valence-electron chi connectivity index (χ4n) is 8.34. The van der Waals surface area contributed by atoms with Gasteiger partial charge < -0.3 is 19.8 Å². The molecule has 0 spiro atoms. The Hall–Kier alpha value is -5.50. The number of benzene rings is 2. The van der Waals surface area contributed by atoms with Crippen molar-refractivity contribution in [3.05, 3.63) is 95.3 Å². The molecule has 2 aromatic carbocycles. The number of alkyl halides is 1. The molecule has 0 bridgehead atoms. The molecule has 2 saturated heterocycles. The number of nitrogens with zero attached hydrogens (tertiary/aromatic N) is 8. The number of urea groups is 1. The van der Waals surface area contributed by atoms with Crippen LogP contribution in [0, 0.1) is 0 Å². The zero-order valence-electron chi connectivity index (χ0n) is 33.2. The van der Waals surface area contributed by atoms with E-state index in [1.807, 2.05) is 92.0 Å². The average molecular weight is 778 g/mol. The first-order valence-electron chi connectivity index (χ1n) is 20.2. The van der Waals surface area contributed by atoms with Crippen LogP contribution in [0.1, 0.15) is 107 Å². The van der Waals surface area contributed by atoms with Crippen LogP contribution in [-0.2, 0) is 21.6 Å². The molecule has 2 aliphatic heterocycles. The van der Waals surface area contributed by atoms with Crippen molar-refractivity contribution in [1.29, 1.82) is 0 Å². The van der Waals surface area contributed by atoms with Crippen molar-refractivity contribution in [2.45, 2.75) is 109 Å². The van der Waals surface area contributed by atoms with Crippen molar-refractivity contribution in [3.8, 4) is 11.4 Å². The van der Waals surface area contributed by atoms with Crippen molar-refractivity contribution in [2.75, 3.05) is 29.6 Å². The number of piperidine rings is 2. The Balaban J connectivity index is 1.03. The molecular weight excluding hydrogens is 726 g/mol. The molecule has 5 heterocycles. The smallest absolute Gasteiger partial charge is 0.357 e. The maximum absolute atomic E-state index is 14.3. The lowest BCUT2D eigenvalue weighted by molar-refractivity contribution is -0.129. The van der Waals surface area contributed by atoms with E-state index in [0.29, 0.717) is 68.5 Å². The number of carbonyl (C=O) groups excluding carboxylic acids is 2. The zero-order chi connectivity index (χ0) is 39.7. The lowest BCUT2D eigenvalue weighted by Gasteiger charge is -2.34. The number of amides is 2. The van der Waals surface area contributed by atoms with Crippen molar-refractivity contribution < 1.29 is 23.6 Å². The Labute approximate surface area is 332 Å². The van der Waals surface area contributed by atoms with Crippen LogP contribution >= 0.6 is 0 Å². The molecule has 3 aromatic heterocycles. The van der Waals surface area contributed by atoms with Crippen LogP contribution in [0.15, 0.2) is 72.9 Å². The summed E-state index contributed by atoms with van der Waals surface area (Å²) in [5.41, 5.74) is 4.74. The highest BCUT2D eigenvalue weighted by atomic mass is 19.1. The van der Waals surface area contributed by atoms with E-state index in [9.17, 15) is 14.0 Å². The average Bonchev–Trinajstić information content (AvgIpc) is 3.84. The topological polar surface area (TPSA) is 122 Å². The van der Waals surface area contributed by atoms with Crippen LogP contribution < -0.4 is 20.0 Å². The molecule has 5 aromatic rings. The lowest BCUT2D eigenvalue weighted by atomic mass is 9.85.